The van der Waals surface area contributed by atoms with Crippen LogP contribution in [0.2, 0.25) is 0 Å². The number of pyridine rings is 2. The maximum atomic E-state index is 12.7. The highest BCUT2D eigenvalue weighted by Crippen LogP contribution is 2.40. The molecule has 192 valence electrons. The van der Waals surface area contributed by atoms with Crippen LogP contribution in [0.4, 0.5) is 5.82 Å². The molecule has 3 aromatic rings. The van der Waals surface area contributed by atoms with Crippen molar-refractivity contribution >= 4 is 26.7 Å². The van der Waals surface area contributed by atoms with E-state index in [1.807, 2.05) is 13.0 Å². The molecule has 0 spiro atoms. The van der Waals surface area contributed by atoms with E-state index in [0.717, 1.165) is 18.7 Å². The first-order chi connectivity index (χ1) is 16.7. The van der Waals surface area contributed by atoms with Crippen LogP contribution in [0.1, 0.15) is 50.8 Å². The Morgan fingerprint density at radius 3 is 2.49 bits per heavy atom. The third-order valence-electron chi connectivity index (χ3n) is 6.30. The Hall–Kier alpha value is -2.53. The van der Waals surface area contributed by atoms with E-state index in [-0.39, 0.29) is 12.4 Å². The molecule has 0 aliphatic carbocycles. The minimum atomic E-state index is -3.37. The number of H-pyrrole nitrogens is 1. The van der Waals surface area contributed by atoms with E-state index in [0.29, 0.717) is 54.1 Å². The Morgan fingerprint density at radius 1 is 1.11 bits per heavy atom. The SMILES string of the molecule is CCCCOCC.CS(=O)(=O)C1(c2cc(N)nc(-c3ccc4[nH]c(CO)cc4n3)c2)CCNCC1. The highest BCUT2D eigenvalue weighted by Gasteiger charge is 2.43. The fourth-order valence-corrected chi connectivity index (χ4v) is 5.83. The lowest BCUT2D eigenvalue weighted by Crippen LogP contribution is -2.45. The average Bonchev–Trinajstić information content (AvgIpc) is 3.27. The number of hydrogen-bond donors (Lipinski definition) is 4. The Bertz CT molecular complexity index is 1220. The normalized spacial score (nSPS) is 15.5. The number of anilines is 1. The van der Waals surface area contributed by atoms with Crippen LogP contribution in [0.3, 0.4) is 0 Å². The number of aromatic nitrogens is 3. The van der Waals surface area contributed by atoms with E-state index in [1.165, 1.54) is 19.1 Å². The van der Waals surface area contributed by atoms with Crippen molar-refractivity contribution in [1.29, 1.82) is 0 Å². The molecule has 4 rings (SSSR count). The van der Waals surface area contributed by atoms with Gasteiger partial charge in [-0.25, -0.2) is 18.4 Å². The lowest BCUT2D eigenvalue weighted by Gasteiger charge is -2.36. The van der Waals surface area contributed by atoms with Crippen molar-refractivity contribution in [2.24, 2.45) is 0 Å². The second-order valence-corrected chi connectivity index (χ2v) is 11.1. The van der Waals surface area contributed by atoms with Crippen LogP contribution in [0.15, 0.2) is 30.3 Å². The molecule has 3 aromatic heterocycles. The molecule has 5 N–H and O–H groups in total. The molecule has 10 heteroatoms. The van der Waals surface area contributed by atoms with Crippen LogP contribution >= 0.6 is 0 Å². The van der Waals surface area contributed by atoms with Gasteiger partial charge < -0.3 is 25.9 Å². The van der Waals surface area contributed by atoms with Crippen LogP contribution in [-0.4, -0.2) is 61.0 Å². The first kappa shape index (κ1) is 27.1. The minimum Gasteiger partial charge on any atom is -0.390 e. The highest BCUT2D eigenvalue weighted by atomic mass is 32.2. The first-order valence-electron chi connectivity index (χ1n) is 12.1. The van der Waals surface area contributed by atoms with Gasteiger partial charge in [0.1, 0.15) is 5.82 Å². The van der Waals surface area contributed by atoms with Gasteiger partial charge >= 0.3 is 0 Å². The average molecular weight is 504 g/mol. The molecule has 0 amide bonds. The Kier molecular flexibility index (Phi) is 9.23. The van der Waals surface area contributed by atoms with Gasteiger partial charge in [-0.1, -0.05) is 13.3 Å². The third kappa shape index (κ3) is 6.38. The van der Waals surface area contributed by atoms with E-state index in [1.54, 1.807) is 24.3 Å². The molecule has 9 nitrogen and oxygen atoms in total. The second-order valence-electron chi connectivity index (χ2n) is 8.81. The molecule has 1 saturated heterocycles. The summed E-state index contributed by atoms with van der Waals surface area (Å²) in [6.45, 7) is 7.14. The molecule has 1 fully saturated rings. The molecule has 35 heavy (non-hydrogen) atoms. The highest BCUT2D eigenvalue weighted by molar-refractivity contribution is 7.91. The molecular weight excluding hydrogens is 466 g/mol. The van der Waals surface area contributed by atoms with Crippen molar-refractivity contribution < 1.29 is 18.3 Å². The summed E-state index contributed by atoms with van der Waals surface area (Å²) in [5.41, 5.74) is 10.0. The topological polar surface area (TPSA) is 143 Å². The maximum absolute atomic E-state index is 12.7. The van der Waals surface area contributed by atoms with Crippen molar-refractivity contribution in [3.05, 3.63) is 41.6 Å². The number of nitrogens with one attached hydrogen (secondary N) is 2. The van der Waals surface area contributed by atoms with Crippen molar-refractivity contribution in [1.82, 2.24) is 20.3 Å². The molecule has 0 saturated carbocycles. The molecule has 0 unspecified atom stereocenters. The summed E-state index contributed by atoms with van der Waals surface area (Å²) in [5.74, 6) is 0.265. The monoisotopic (exact) mass is 503 g/mol. The number of aliphatic hydroxyl groups excluding tert-OH is 1. The number of aromatic amines is 1. The molecule has 4 heterocycles. The summed E-state index contributed by atoms with van der Waals surface area (Å²) in [6, 6.07) is 8.89. The van der Waals surface area contributed by atoms with Gasteiger partial charge in [0.2, 0.25) is 0 Å². The lowest BCUT2D eigenvalue weighted by molar-refractivity contribution is 0.144. The molecule has 0 atom stereocenters. The smallest absolute Gasteiger partial charge is 0.157 e. The minimum absolute atomic E-state index is 0.0999. The standard InChI is InChI=1S/C19H23N5O3S.C6H14O/c1-28(26,27)19(4-6-21-7-5-19)12-8-16(24-18(20)9-12)15-3-2-14-17(23-15)10-13(11-25)22-14;1-3-5-6-7-4-2/h2-3,8-10,21-22,25H,4-7,11H2,1H3,(H2,20,24);3-6H2,1-2H3. The Balaban J connectivity index is 0.000000429. The number of sulfone groups is 1. The molecule has 1 aliphatic rings. The number of fused-ring (bicyclic) bond motifs is 1. The predicted molar refractivity (Wildman–Crippen MR) is 140 cm³/mol. The largest absolute Gasteiger partial charge is 0.390 e. The quantitative estimate of drug-likeness (QED) is 0.343. The second kappa shape index (κ2) is 11.9. The number of unbranched alkanes of at least 4 members (excludes halogenated alkanes) is 1. The number of nitrogen functional groups attached to an aromatic ring is 1. The molecule has 0 radical (unpaired) electrons. The fraction of sp³-hybridized carbons (Fsp3) is 0.520. The summed E-state index contributed by atoms with van der Waals surface area (Å²) >= 11 is 0. The van der Waals surface area contributed by atoms with Crippen LogP contribution in [0, 0.1) is 0 Å². The van der Waals surface area contributed by atoms with E-state index >= 15 is 0 Å². The zero-order valence-corrected chi connectivity index (χ0v) is 21.6. The molecule has 1 aliphatic heterocycles. The van der Waals surface area contributed by atoms with Crippen LogP contribution in [-0.2, 0) is 25.9 Å². The fourth-order valence-electron chi connectivity index (χ4n) is 4.33. The van der Waals surface area contributed by atoms with E-state index < -0.39 is 14.6 Å². The van der Waals surface area contributed by atoms with Crippen molar-refractivity contribution in [3.63, 3.8) is 0 Å². The van der Waals surface area contributed by atoms with Gasteiger partial charge in [0.05, 0.1) is 33.8 Å². The zero-order valence-electron chi connectivity index (χ0n) is 20.8. The van der Waals surface area contributed by atoms with Gasteiger partial charge in [0.25, 0.3) is 0 Å². The number of rotatable bonds is 8. The molecular formula is C25H37N5O4S. The van der Waals surface area contributed by atoms with Crippen molar-refractivity contribution in [3.8, 4) is 11.4 Å². The van der Waals surface area contributed by atoms with E-state index in [2.05, 4.69) is 27.2 Å². The van der Waals surface area contributed by atoms with Gasteiger partial charge in [-0.05, 0) is 75.2 Å². The van der Waals surface area contributed by atoms with Crippen molar-refractivity contribution in [2.45, 2.75) is 50.9 Å². The summed E-state index contributed by atoms with van der Waals surface area (Å²) in [7, 11) is -3.37. The van der Waals surface area contributed by atoms with E-state index in [9.17, 15) is 13.5 Å². The lowest BCUT2D eigenvalue weighted by atomic mass is 9.88. The predicted octanol–water partition coefficient (Wildman–Crippen LogP) is 3.15. The van der Waals surface area contributed by atoms with Gasteiger partial charge in [-0.3, -0.25) is 0 Å². The van der Waals surface area contributed by atoms with Gasteiger partial charge in [-0.2, -0.15) is 0 Å². The summed E-state index contributed by atoms with van der Waals surface area (Å²) in [5, 5.41) is 12.5. The van der Waals surface area contributed by atoms with Crippen molar-refractivity contribution in [2.75, 3.05) is 38.3 Å². The summed E-state index contributed by atoms with van der Waals surface area (Å²) in [4.78, 5) is 12.1. The number of nitrogens with zero attached hydrogens (tertiary/aromatic N) is 2. The van der Waals surface area contributed by atoms with E-state index in [4.69, 9.17) is 10.5 Å². The molecule has 0 aromatic carbocycles. The van der Waals surface area contributed by atoms with Crippen LogP contribution in [0.5, 0.6) is 0 Å². The zero-order chi connectivity index (χ0) is 25.5. The Labute approximate surface area is 207 Å². The first-order valence-corrected chi connectivity index (χ1v) is 14.0. The maximum Gasteiger partial charge on any atom is 0.157 e. The van der Waals surface area contributed by atoms with Crippen LogP contribution in [0.25, 0.3) is 22.4 Å². The van der Waals surface area contributed by atoms with Gasteiger partial charge in [-0.15, -0.1) is 0 Å². The molecule has 0 bridgehead atoms. The van der Waals surface area contributed by atoms with Gasteiger partial charge in [0.15, 0.2) is 9.84 Å². The number of ether oxygens (including phenoxy) is 1. The number of piperidine rings is 1. The third-order valence-corrected chi connectivity index (χ3v) is 8.37. The number of hydrogen-bond acceptors (Lipinski definition) is 8. The summed E-state index contributed by atoms with van der Waals surface area (Å²) < 4.78 is 29.6. The summed E-state index contributed by atoms with van der Waals surface area (Å²) in [6.07, 6.45) is 4.70. The number of aliphatic hydroxyl groups is 1. The number of nitrogens with two attached hydrogens (primary N) is 1. The van der Waals surface area contributed by atoms with Crippen LogP contribution < -0.4 is 11.1 Å². The van der Waals surface area contributed by atoms with Gasteiger partial charge in [0, 0.05) is 25.2 Å². The Morgan fingerprint density at radius 2 is 1.86 bits per heavy atom.